The molecule has 0 unspecified atom stereocenters. The first kappa shape index (κ1) is 21.1. The van der Waals surface area contributed by atoms with E-state index < -0.39 is 11.8 Å². The average Bonchev–Trinajstić information content (AvgIpc) is 3.23. The minimum atomic E-state index is -0.689. The number of hydrogen-bond donors (Lipinski definition) is 3. The highest BCUT2D eigenvalue weighted by molar-refractivity contribution is 6.39. The smallest absolute Gasteiger partial charge is 0.313 e. The first-order valence-electron chi connectivity index (χ1n) is 9.90. The van der Waals surface area contributed by atoms with E-state index in [2.05, 4.69) is 39.8 Å². The SMILES string of the molecule is CN(C)c1ccc([C@H](CNC(=O)C(=O)Nc2cccc(Cl)c2)[NH+]2CCCC2)cc1. The summed E-state index contributed by atoms with van der Waals surface area (Å²) < 4.78 is 0. The van der Waals surface area contributed by atoms with Crippen molar-refractivity contribution in [2.75, 3.05) is 43.9 Å². The number of rotatable bonds is 6. The molecule has 1 atom stereocenters. The fraction of sp³-hybridized carbons (Fsp3) is 0.364. The van der Waals surface area contributed by atoms with Gasteiger partial charge in [0.15, 0.2) is 0 Å². The van der Waals surface area contributed by atoms with Crippen molar-refractivity contribution in [1.82, 2.24) is 5.32 Å². The third kappa shape index (κ3) is 5.71. The van der Waals surface area contributed by atoms with E-state index >= 15 is 0 Å². The topological polar surface area (TPSA) is 65.9 Å². The summed E-state index contributed by atoms with van der Waals surface area (Å²) >= 11 is 5.92. The highest BCUT2D eigenvalue weighted by Gasteiger charge is 2.28. The van der Waals surface area contributed by atoms with Crippen molar-refractivity contribution in [2.45, 2.75) is 18.9 Å². The van der Waals surface area contributed by atoms with Gasteiger partial charge in [-0.25, -0.2) is 0 Å². The van der Waals surface area contributed by atoms with Crippen LogP contribution in [0.1, 0.15) is 24.4 Å². The number of nitrogens with zero attached hydrogens (tertiary/aromatic N) is 1. The zero-order chi connectivity index (χ0) is 20.8. The molecule has 7 heteroatoms. The number of carbonyl (C=O) groups excluding carboxylic acids is 2. The summed E-state index contributed by atoms with van der Waals surface area (Å²) in [4.78, 5) is 28.1. The quantitative estimate of drug-likeness (QED) is 0.631. The van der Waals surface area contributed by atoms with Gasteiger partial charge in [0.05, 0.1) is 19.6 Å². The van der Waals surface area contributed by atoms with E-state index in [1.807, 2.05) is 14.1 Å². The van der Waals surface area contributed by atoms with Crippen LogP contribution in [0.2, 0.25) is 5.02 Å². The third-order valence-electron chi connectivity index (χ3n) is 5.31. The minimum Gasteiger partial charge on any atom is -0.378 e. The molecule has 0 spiro atoms. The van der Waals surface area contributed by atoms with E-state index in [0.29, 0.717) is 17.3 Å². The van der Waals surface area contributed by atoms with Crippen LogP contribution in [0.15, 0.2) is 48.5 Å². The van der Waals surface area contributed by atoms with Gasteiger partial charge in [-0.1, -0.05) is 29.8 Å². The molecule has 0 radical (unpaired) electrons. The molecule has 3 rings (SSSR count). The number of anilines is 2. The Morgan fingerprint density at radius 1 is 1.07 bits per heavy atom. The first-order valence-corrected chi connectivity index (χ1v) is 10.3. The molecule has 1 heterocycles. The molecule has 1 aliphatic heterocycles. The molecule has 29 heavy (non-hydrogen) atoms. The van der Waals surface area contributed by atoms with E-state index in [9.17, 15) is 9.59 Å². The zero-order valence-electron chi connectivity index (χ0n) is 16.9. The summed E-state index contributed by atoms with van der Waals surface area (Å²) in [6.07, 6.45) is 2.37. The molecule has 0 aromatic heterocycles. The van der Waals surface area contributed by atoms with Gasteiger partial charge in [0.2, 0.25) is 0 Å². The lowest BCUT2D eigenvalue weighted by molar-refractivity contribution is -0.918. The standard InChI is InChI=1S/C22H27ClN4O2/c1-26(2)19-10-8-16(9-11-19)20(27-12-3-4-13-27)15-24-21(28)22(29)25-18-7-5-6-17(23)14-18/h5-11,14,20H,3-4,12-13,15H2,1-2H3,(H,24,28)(H,25,29)/p+1/t20-/m0/s1. The summed E-state index contributed by atoms with van der Waals surface area (Å²) in [5.74, 6) is -1.33. The number of hydrogen-bond acceptors (Lipinski definition) is 3. The number of likely N-dealkylation sites (tertiary alicyclic amines) is 1. The molecule has 1 aliphatic rings. The Balaban J connectivity index is 1.64. The normalized spacial score (nSPS) is 15.0. The second-order valence-corrected chi connectivity index (χ2v) is 8.01. The van der Waals surface area contributed by atoms with Gasteiger partial charge in [-0.3, -0.25) is 9.59 Å². The van der Waals surface area contributed by atoms with E-state index in [4.69, 9.17) is 11.6 Å². The van der Waals surface area contributed by atoms with E-state index in [1.54, 1.807) is 24.3 Å². The predicted octanol–water partition coefficient (Wildman–Crippen LogP) is 1.88. The molecule has 3 N–H and O–H groups in total. The van der Waals surface area contributed by atoms with E-state index in [-0.39, 0.29) is 6.04 Å². The summed E-state index contributed by atoms with van der Waals surface area (Å²) in [6, 6.07) is 15.3. The lowest BCUT2D eigenvalue weighted by Crippen LogP contribution is -3.11. The Morgan fingerprint density at radius 2 is 1.76 bits per heavy atom. The highest BCUT2D eigenvalue weighted by atomic mass is 35.5. The minimum absolute atomic E-state index is 0.122. The maximum absolute atomic E-state index is 12.4. The Kier molecular flexibility index (Phi) is 7.12. The van der Waals surface area contributed by atoms with E-state index in [0.717, 1.165) is 18.8 Å². The van der Waals surface area contributed by atoms with Gasteiger partial charge < -0.3 is 20.4 Å². The fourth-order valence-corrected chi connectivity index (χ4v) is 3.90. The number of halogens is 1. The maximum Gasteiger partial charge on any atom is 0.313 e. The monoisotopic (exact) mass is 415 g/mol. The summed E-state index contributed by atoms with van der Waals surface area (Å²) in [5.41, 5.74) is 2.80. The molecule has 6 nitrogen and oxygen atoms in total. The third-order valence-corrected chi connectivity index (χ3v) is 5.54. The molecule has 2 aromatic rings. The van der Waals surface area contributed by atoms with Crippen LogP contribution in [0.25, 0.3) is 0 Å². The Morgan fingerprint density at radius 3 is 2.38 bits per heavy atom. The van der Waals surface area contributed by atoms with Crippen LogP contribution >= 0.6 is 11.6 Å². The summed E-state index contributed by atoms with van der Waals surface area (Å²) in [5, 5.41) is 5.90. The summed E-state index contributed by atoms with van der Waals surface area (Å²) in [7, 11) is 4.02. The van der Waals surface area contributed by atoms with Gasteiger partial charge in [-0.2, -0.15) is 0 Å². The number of amides is 2. The molecular weight excluding hydrogens is 388 g/mol. The molecule has 0 aliphatic carbocycles. The fourth-order valence-electron chi connectivity index (χ4n) is 3.71. The highest BCUT2D eigenvalue weighted by Crippen LogP contribution is 2.17. The predicted molar refractivity (Wildman–Crippen MR) is 117 cm³/mol. The van der Waals surface area contributed by atoms with Crippen molar-refractivity contribution in [3.63, 3.8) is 0 Å². The maximum atomic E-state index is 12.4. The van der Waals surface area contributed by atoms with Gasteiger partial charge >= 0.3 is 11.8 Å². The van der Waals surface area contributed by atoms with Gasteiger partial charge in [0.1, 0.15) is 6.04 Å². The molecule has 0 bridgehead atoms. The molecular formula is C22H28ClN4O2+. The first-order chi connectivity index (χ1) is 13.9. The molecule has 2 amide bonds. The van der Waals surface area contributed by atoms with Crippen LogP contribution in [-0.4, -0.2) is 45.5 Å². The van der Waals surface area contributed by atoms with Gasteiger partial charge in [-0.05, 0) is 30.3 Å². The molecule has 154 valence electrons. The second-order valence-electron chi connectivity index (χ2n) is 7.58. The lowest BCUT2D eigenvalue weighted by atomic mass is 10.0. The molecule has 0 saturated carbocycles. The van der Waals surface area contributed by atoms with Crippen LogP contribution in [0.3, 0.4) is 0 Å². The van der Waals surface area contributed by atoms with E-state index in [1.165, 1.54) is 23.3 Å². The molecule has 1 saturated heterocycles. The van der Waals surface area contributed by atoms with Gasteiger partial charge in [-0.15, -0.1) is 0 Å². The molecule has 2 aromatic carbocycles. The Labute approximate surface area is 176 Å². The van der Waals surface area contributed by atoms with Crippen molar-refractivity contribution in [1.29, 1.82) is 0 Å². The molecule has 1 fully saturated rings. The summed E-state index contributed by atoms with van der Waals surface area (Å²) in [6.45, 7) is 2.56. The van der Waals surface area contributed by atoms with Crippen molar-refractivity contribution in [2.24, 2.45) is 0 Å². The van der Waals surface area contributed by atoms with Crippen LogP contribution in [0, 0.1) is 0 Å². The lowest BCUT2D eigenvalue weighted by Gasteiger charge is -2.25. The van der Waals surface area contributed by atoms with Gasteiger partial charge in [0.25, 0.3) is 0 Å². The zero-order valence-corrected chi connectivity index (χ0v) is 17.6. The van der Waals surface area contributed by atoms with Crippen molar-refractivity contribution in [3.8, 4) is 0 Å². The van der Waals surface area contributed by atoms with Crippen LogP contribution in [0.4, 0.5) is 11.4 Å². The van der Waals surface area contributed by atoms with Gasteiger partial charge in [0, 0.05) is 48.9 Å². The average molecular weight is 416 g/mol. The number of carbonyl (C=O) groups is 2. The van der Waals surface area contributed by atoms with Crippen LogP contribution in [0.5, 0.6) is 0 Å². The number of benzene rings is 2. The van der Waals surface area contributed by atoms with Crippen molar-refractivity contribution >= 4 is 34.8 Å². The van der Waals surface area contributed by atoms with Crippen LogP contribution < -0.4 is 20.4 Å². The van der Waals surface area contributed by atoms with Crippen LogP contribution in [-0.2, 0) is 9.59 Å². The Hall–Kier alpha value is -2.57. The largest absolute Gasteiger partial charge is 0.378 e. The Bertz CT molecular complexity index is 848. The van der Waals surface area contributed by atoms with Crippen molar-refractivity contribution < 1.29 is 14.5 Å². The second kappa shape index (κ2) is 9.76. The number of nitrogens with one attached hydrogen (secondary N) is 3. The number of quaternary nitrogens is 1. The van der Waals surface area contributed by atoms with Crippen molar-refractivity contribution in [3.05, 3.63) is 59.1 Å².